The van der Waals surface area contributed by atoms with E-state index >= 15 is 0 Å². The van der Waals surface area contributed by atoms with E-state index in [2.05, 4.69) is 20.9 Å². The summed E-state index contributed by atoms with van der Waals surface area (Å²) in [6, 6.07) is 1.87. The van der Waals surface area contributed by atoms with Gasteiger partial charge in [0.15, 0.2) is 0 Å². The summed E-state index contributed by atoms with van der Waals surface area (Å²) in [6.07, 6.45) is 0.899. The third-order valence-electron chi connectivity index (χ3n) is 6.35. The van der Waals surface area contributed by atoms with Crippen molar-refractivity contribution in [2.75, 3.05) is 0 Å². The molecule has 1 heterocycles. The molecule has 0 spiro atoms. The van der Waals surface area contributed by atoms with Crippen LogP contribution >= 0.6 is 0 Å². The van der Waals surface area contributed by atoms with E-state index in [9.17, 15) is 33.9 Å². The average molecular weight is 546 g/mol. The van der Waals surface area contributed by atoms with E-state index in [1.165, 1.54) is 0 Å². The van der Waals surface area contributed by atoms with Crippen molar-refractivity contribution in [3.05, 3.63) is 36.0 Å². The zero-order chi connectivity index (χ0) is 29.3. The first-order chi connectivity index (χ1) is 18.3. The van der Waals surface area contributed by atoms with Crippen LogP contribution in [0.1, 0.15) is 38.7 Å². The van der Waals surface area contributed by atoms with Crippen LogP contribution in [0.3, 0.4) is 0 Å². The minimum atomic E-state index is -1.70. The van der Waals surface area contributed by atoms with Crippen LogP contribution in [-0.4, -0.2) is 69.8 Å². The lowest BCUT2D eigenvalue weighted by molar-refractivity contribution is -0.144. The maximum Gasteiger partial charge on any atom is 0.326 e. The molecule has 0 bridgehead atoms. The highest BCUT2D eigenvalue weighted by Gasteiger charge is 2.32. The van der Waals surface area contributed by atoms with Gasteiger partial charge in [-0.3, -0.25) is 24.0 Å². The molecule has 0 aliphatic carbocycles. The Labute approximate surface area is 224 Å². The number of primary amides is 2. The van der Waals surface area contributed by atoms with Crippen LogP contribution in [0.25, 0.3) is 10.9 Å². The van der Waals surface area contributed by atoms with E-state index in [4.69, 9.17) is 17.2 Å². The predicted octanol–water partition coefficient (Wildman–Crippen LogP) is -1.63. The van der Waals surface area contributed by atoms with Crippen LogP contribution in [0, 0.1) is 5.92 Å². The minimum absolute atomic E-state index is 0.000844. The number of hydrogen-bond acceptors (Lipinski definition) is 7. The third kappa shape index (κ3) is 8.81. The fourth-order valence-electron chi connectivity index (χ4n) is 3.87. The van der Waals surface area contributed by atoms with Gasteiger partial charge in [-0.2, -0.15) is 0 Å². The number of hydrogen-bond donors (Lipinski definition) is 8. The molecule has 2 rings (SSSR count). The molecule has 2 aromatic rings. The molecule has 14 heteroatoms. The number of carbonyl (C=O) groups excluding carboxylic acids is 5. The number of carboxylic acids is 1. The first-order valence-corrected chi connectivity index (χ1v) is 12.3. The first-order valence-electron chi connectivity index (χ1n) is 12.3. The van der Waals surface area contributed by atoms with Gasteiger partial charge < -0.3 is 43.2 Å². The highest BCUT2D eigenvalue weighted by Crippen LogP contribution is 2.19. The monoisotopic (exact) mass is 545 g/mol. The van der Waals surface area contributed by atoms with Gasteiger partial charge in [0.2, 0.25) is 29.5 Å². The van der Waals surface area contributed by atoms with Crippen molar-refractivity contribution >= 4 is 46.4 Å². The van der Waals surface area contributed by atoms with Gasteiger partial charge in [0.25, 0.3) is 0 Å². The third-order valence-corrected chi connectivity index (χ3v) is 6.35. The van der Waals surface area contributed by atoms with E-state index in [0.29, 0.717) is 12.0 Å². The summed E-state index contributed by atoms with van der Waals surface area (Å²) in [6.45, 7) is 3.65. The second kappa shape index (κ2) is 13.9. The molecule has 14 nitrogen and oxygen atoms in total. The van der Waals surface area contributed by atoms with E-state index in [0.717, 1.165) is 10.9 Å². The number of nitrogens with two attached hydrogens (primary N) is 3. The molecular formula is C25H35N7O7. The van der Waals surface area contributed by atoms with Crippen molar-refractivity contribution in [1.29, 1.82) is 0 Å². The molecule has 212 valence electrons. The second-order valence-corrected chi connectivity index (χ2v) is 9.34. The lowest BCUT2D eigenvalue weighted by atomic mass is 9.98. The Balaban J connectivity index is 2.33. The lowest BCUT2D eigenvalue weighted by Gasteiger charge is -2.25. The number of carbonyl (C=O) groups is 6. The number of aromatic amines is 1. The Bertz CT molecular complexity index is 1230. The molecule has 0 saturated heterocycles. The molecule has 1 aromatic carbocycles. The van der Waals surface area contributed by atoms with Gasteiger partial charge >= 0.3 is 5.97 Å². The SMILES string of the molecule is CCC(C)C(N)C(=O)NC(Cc1c[nH]c2ccccc12)C(=O)NC(CC(N)=O)C(=O)NC(CC(N)=O)C(=O)O. The highest BCUT2D eigenvalue weighted by molar-refractivity contribution is 5.97. The van der Waals surface area contributed by atoms with Crippen molar-refractivity contribution in [2.45, 2.75) is 63.7 Å². The summed E-state index contributed by atoms with van der Waals surface area (Å²) < 4.78 is 0. The van der Waals surface area contributed by atoms with Crippen LogP contribution in [0.2, 0.25) is 0 Å². The Kier molecular flexibility index (Phi) is 11.0. The van der Waals surface area contributed by atoms with Gasteiger partial charge in [-0.1, -0.05) is 38.5 Å². The summed E-state index contributed by atoms with van der Waals surface area (Å²) in [5, 5.41) is 17.2. The molecule has 5 amide bonds. The molecule has 0 aliphatic rings. The maximum atomic E-state index is 13.4. The normalized spacial score (nSPS) is 14.8. The Morgan fingerprint density at radius 1 is 0.872 bits per heavy atom. The van der Waals surface area contributed by atoms with Gasteiger partial charge in [0.05, 0.1) is 18.9 Å². The zero-order valence-corrected chi connectivity index (χ0v) is 21.7. The summed E-state index contributed by atoms with van der Waals surface area (Å²) in [7, 11) is 0. The number of carboxylic acid groups (broad SMARTS) is 1. The molecule has 0 fully saturated rings. The summed E-state index contributed by atoms with van der Waals surface area (Å²) >= 11 is 0. The highest BCUT2D eigenvalue weighted by atomic mass is 16.4. The van der Waals surface area contributed by atoms with Crippen LogP contribution in [-0.2, 0) is 35.2 Å². The molecule has 0 radical (unpaired) electrons. The van der Waals surface area contributed by atoms with Crippen molar-refractivity contribution in [2.24, 2.45) is 23.1 Å². The topological polar surface area (TPSA) is 253 Å². The lowest BCUT2D eigenvalue weighted by Crippen LogP contribution is -2.58. The van der Waals surface area contributed by atoms with Gasteiger partial charge in [0.1, 0.15) is 18.1 Å². The van der Waals surface area contributed by atoms with Crippen LogP contribution in [0.15, 0.2) is 30.5 Å². The van der Waals surface area contributed by atoms with Gasteiger partial charge in [-0.15, -0.1) is 0 Å². The predicted molar refractivity (Wildman–Crippen MR) is 140 cm³/mol. The van der Waals surface area contributed by atoms with E-state index in [1.807, 2.05) is 31.2 Å². The molecule has 5 atom stereocenters. The Morgan fingerprint density at radius 2 is 1.41 bits per heavy atom. The van der Waals surface area contributed by atoms with E-state index in [1.54, 1.807) is 13.1 Å². The number of rotatable bonds is 15. The zero-order valence-electron chi connectivity index (χ0n) is 21.7. The van der Waals surface area contributed by atoms with Crippen molar-refractivity contribution < 1.29 is 33.9 Å². The fourth-order valence-corrected chi connectivity index (χ4v) is 3.87. The number of fused-ring (bicyclic) bond motifs is 1. The number of benzene rings is 1. The van der Waals surface area contributed by atoms with E-state index in [-0.39, 0.29) is 12.3 Å². The van der Waals surface area contributed by atoms with Gasteiger partial charge in [-0.25, -0.2) is 4.79 Å². The molecule has 1 aromatic heterocycles. The van der Waals surface area contributed by atoms with Crippen LogP contribution in [0.5, 0.6) is 0 Å². The molecule has 39 heavy (non-hydrogen) atoms. The summed E-state index contributed by atoms with van der Waals surface area (Å²) in [5.41, 5.74) is 17.8. The van der Waals surface area contributed by atoms with Gasteiger partial charge in [-0.05, 0) is 17.5 Å². The molecular weight excluding hydrogens is 510 g/mol. The number of amides is 5. The van der Waals surface area contributed by atoms with Crippen LogP contribution in [0.4, 0.5) is 0 Å². The summed E-state index contributed by atoms with van der Waals surface area (Å²) in [4.78, 5) is 76.5. The largest absolute Gasteiger partial charge is 0.480 e. The Morgan fingerprint density at radius 3 is 2.00 bits per heavy atom. The van der Waals surface area contributed by atoms with Crippen molar-refractivity contribution in [1.82, 2.24) is 20.9 Å². The Hall–Kier alpha value is -4.46. The maximum absolute atomic E-state index is 13.4. The van der Waals surface area contributed by atoms with Gasteiger partial charge in [0, 0.05) is 23.5 Å². The second-order valence-electron chi connectivity index (χ2n) is 9.34. The number of nitrogens with one attached hydrogen (secondary N) is 4. The first kappa shape index (κ1) is 30.8. The molecule has 11 N–H and O–H groups in total. The number of aromatic nitrogens is 1. The minimum Gasteiger partial charge on any atom is -0.480 e. The molecule has 5 unspecified atom stereocenters. The summed E-state index contributed by atoms with van der Waals surface area (Å²) in [5.74, 6) is -6.20. The number of aliphatic carboxylic acids is 1. The van der Waals surface area contributed by atoms with E-state index < -0.39 is 72.5 Å². The smallest absolute Gasteiger partial charge is 0.326 e. The fraction of sp³-hybridized carbons (Fsp3) is 0.440. The standard InChI is InChI=1S/C25H35N7O7/c1-3-12(2)21(28)24(37)31-16(8-13-11-29-15-7-5-4-6-14(13)15)22(35)30-17(9-19(26)33)23(36)32-18(25(38)39)10-20(27)34/h4-7,11-12,16-18,21,29H,3,8-10,28H2,1-2H3,(H2,26,33)(H2,27,34)(H,30,35)(H,31,37)(H,32,36)(H,38,39). The van der Waals surface area contributed by atoms with Crippen molar-refractivity contribution in [3.63, 3.8) is 0 Å². The molecule has 0 aliphatic heterocycles. The average Bonchev–Trinajstić information content (AvgIpc) is 3.28. The molecule has 0 saturated carbocycles. The quantitative estimate of drug-likeness (QED) is 0.129. The van der Waals surface area contributed by atoms with Crippen LogP contribution < -0.4 is 33.2 Å². The number of H-pyrrole nitrogens is 1. The van der Waals surface area contributed by atoms with Crippen molar-refractivity contribution in [3.8, 4) is 0 Å². The number of para-hydroxylation sites is 1.